The quantitative estimate of drug-likeness (QED) is 0.700. The van der Waals surface area contributed by atoms with Gasteiger partial charge in [-0.3, -0.25) is 19.0 Å². The Bertz CT molecular complexity index is 1190. The number of benzene rings is 1. The predicted molar refractivity (Wildman–Crippen MR) is 113 cm³/mol. The normalized spacial score (nSPS) is 15.7. The van der Waals surface area contributed by atoms with Gasteiger partial charge in [-0.05, 0) is 32.9 Å². The van der Waals surface area contributed by atoms with E-state index in [4.69, 9.17) is 4.84 Å². The van der Waals surface area contributed by atoms with Crippen molar-refractivity contribution in [2.75, 3.05) is 5.32 Å². The van der Waals surface area contributed by atoms with Crippen LogP contribution < -0.4 is 10.9 Å². The SMILES string of the molecule is CCn1cc(C2=NOC(C(=O)Nc3c(C)n(C)n(-c4ccccc4)c3=O)C2)c(C)n1. The number of hydrogen-bond donors (Lipinski definition) is 1. The molecule has 2 aromatic heterocycles. The van der Waals surface area contributed by atoms with E-state index in [1.165, 1.54) is 4.68 Å². The molecule has 0 saturated heterocycles. The second-order valence-corrected chi connectivity index (χ2v) is 7.25. The van der Waals surface area contributed by atoms with E-state index in [1.54, 1.807) is 18.7 Å². The van der Waals surface area contributed by atoms with E-state index in [1.807, 2.05) is 55.1 Å². The van der Waals surface area contributed by atoms with Crippen LogP contribution in [0.1, 0.15) is 30.3 Å². The largest absolute Gasteiger partial charge is 0.382 e. The molecule has 4 rings (SSSR count). The number of para-hydroxylation sites is 1. The number of nitrogens with one attached hydrogen (secondary N) is 1. The van der Waals surface area contributed by atoms with Gasteiger partial charge < -0.3 is 10.2 Å². The van der Waals surface area contributed by atoms with Crippen LogP contribution >= 0.6 is 0 Å². The minimum atomic E-state index is -0.798. The molecule has 1 aliphatic heterocycles. The highest BCUT2D eigenvalue weighted by Gasteiger charge is 2.32. The van der Waals surface area contributed by atoms with Gasteiger partial charge in [-0.15, -0.1) is 0 Å². The first kappa shape index (κ1) is 19.7. The first-order valence-electron chi connectivity index (χ1n) is 9.82. The lowest BCUT2D eigenvalue weighted by atomic mass is 10.1. The molecule has 1 amide bonds. The summed E-state index contributed by atoms with van der Waals surface area (Å²) in [6, 6.07) is 9.28. The van der Waals surface area contributed by atoms with Crippen molar-refractivity contribution in [1.82, 2.24) is 19.1 Å². The topological polar surface area (TPSA) is 95.4 Å². The van der Waals surface area contributed by atoms with Gasteiger partial charge >= 0.3 is 0 Å². The second kappa shape index (κ2) is 7.66. The Balaban J connectivity index is 1.53. The summed E-state index contributed by atoms with van der Waals surface area (Å²) < 4.78 is 5.05. The molecule has 0 fully saturated rings. The molecule has 9 heteroatoms. The average molecular weight is 408 g/mol. The van der Waals surface area contributed by atoms with E-state index in [-0.39, 0.29) is 11.2 Å². The monoisotopic (exact) mass is 408 g/mol. The number of amides is 1. The van der Waals surface area contributed by atoms with Crippen LogP contribution in [0.25, 0.3) is 5.69 Å². The molecule has 0 radical (unpaired) electrons. The highest BCUT2D eigenvalue weighted by atomic mass is 16.6. The molecule has 3 heterocycles. The van der Waals surface area contributed by atoms with Crippen LogP contribution in [0.2, 0.25) is 0 Å². The minimum Gasteiger partial charge on any atom is -0.382 e. The molecule has 1 N–H and O–H groups in total. The van der Waals surface area contributed by atoms with Crippen LogP contribution in [0.15, 0.2) is 46.5 Å². The second-order valence-electron chi connectivity index (χ2n) is 7.25. The average Bonchev–Trinajstić information content (AvgIpc) is 3.42. The molecule has 3 aromatic rings. The van der Waals surface area contributed by atoms with Gasteiger partial charge in [-0.1, -0.05) is 23.4 Å². The molecule has 0 spiro atoms. The zero-order valence-corrected chi connectivity index (χ0v) is 17.4. The number of rotatable bonds is 5. The van der Waals surface area contributed by atoms with E-state index in [0.29, 0.717) is 17.8 Å². The first-order valence-corrected chi connectivity index (χ1v) is 9.82. The third-order valence-electron chi connectivity index (χ3n) is 5.34. The lowest BCUT2D eigenvalue weighted by molar-refractivity contribution is -0.125. The molecule has 0 aliphatic carbocycles. The fourth-order valence-corrected chi connectivity index (χ4v) is 3.56. The third kappa shape index (κ3) is 3.32. The molecule has 0 bridgehead atoms. The van der Waals surface area contributed by atoms with Crippen LogP contribution in [0.5, 0.6) is 0 Å². The molecule has 1 aliphatic rings. The number of hydrogen-bond acceptors (Lipinski definition) is 5. The molecule has 1 atom stereocenters. The van der Waals surface area contributed by atoms with Crippen LogP contribution in [-0.2, 0) is 23.2 Å². The van der Waals surface area contributed by atoms with Gasteiger partial charge in [0.05, 0.1) is 22.8 Å². The van der Waals surface area contributed by atoms with Crippen molar-refractivity contribution in [2.45, 2.75) is 39.8 Å². The summed E-state index contributed by atoms with van der Waals surface area (Å²) in [4.78, 5) is 31.2. The Morgan fingerprint density at radius 2 is 2.00 bits per heavy atom. The number of carbonyl (C=O) groups is 1. The summed E-state index contributed by atoms with van der Waals surface area (Å²) >= 11 is 0. The van der Waals surface area contributed by atoms with Gasteiger partial charge in [0.2, 0.25) is 6.10 Å². The molecule has 30 heavy (non-hydrogen) atoms. The van der Waals surface area contributed by atoms with Crippen molar-refractivity contribution < 1.29 is 9.63 Å². The maximum absolute atomic E-state index is 13.0. The van der Waals surface area contributed by atoms with Gasteiger partial charge in [0.15, 0.2) is 0 Å². The molecular formula is C21H24N6O3. The van der Waals surface area contributed by atoms with Crippen molar-refractivity contribution in [1.29, 1.82) is 0 Å². The molecular weight excluding hydrogens is 384 g/mol. The summed E-state index contributed by atoms with van der Waals surface area (Å²) in [5, 5.41) is 11.2. The zero-order chi connectivity index (χ0) is 21.4. The van der Waals surface area contributed by atoms with E-state index >= 15 is 0 Å². The standard InChI is InChI=1S/C21H24N6O3/c1-5-26-12-16(13(2)23-26)17-11-18(30-24-17)20(28)22-19-14(3)25(4)27(21(19)29)15-9-7-6-8-10-15/h6-10,12,18H,5,11H2,1-4H3,(H,22,28). The number of carbonyl (C=O) groups excluding carboxylic acids is 1. The fourth-order valence-electron chi connectivity index (χ4n) is 3.56. The van der Waals surface area contributed by atoms with E-state index < -0.39 is 12.0 Å². The summed E-state index contributed by atoms with van der Waals surface area (Å²) in [6.45, 7) is 6.44. The maximum Gasteiger partial charge on any atom is 0.295 e. The van der Waals surface area contributed by atoms with E-state index in [0.717, 1.165) is 23.5 Å². The number of oxime groups is 1. The lowest BCUT2D eigenvalue weighted by Gasteiger charge is -2.08. The Labute approximate surface area is 173 Å². The number of nitrogens with zero attached hydrogens (tertiary/aromatic N) is 5. The highest BCUT2D eigenvalue weighted by Crippen LogP contribution is 2.21. The molecule has 9 nitrogen and oxygen atoms in total. The molecule has 1 unspecified atom stereocenters. The molecule has 0 saturated carbocycles. The summed E-state index contributed by atoms with van der Waals surface area (Å²) in [5.74, 6) is -0.403. The Morgan fingerprint density at radius 1 is 1.27 bits per heavy atom. The van der Waals surface area contributed by atoms with Gasteiger partial charge in [0.25, 0.3) is 11.5 Å². The number of anilines is 1. The van der Waals surface area contributed by atoms with Crippen LogP contribution in [0, 0.1) is 13.8 Å². The fraction of sp³-hybridized carbons (Fsp3) is 0.333. The van der Waals surface area contributed by atoms with Crippen molar-refractivity contribution in [3.05, 3.63) is 63.8 Å². The van der Waals surface area contributed by atoms with Gasteiger partial charge in [0, 0.05) is 31.8 Å². The van der Waals surface area contributed by atoms with Gasteiger partial charge in [-0.2, -0.15) is 5.10 Å². The Kier molecular flexibility index (Phi) is 5.03. The van der Waals surface area contributed by atoms with E-state index in [9.17, 15) is 9.59 Å². The van der Waals surface area contributed by atoms with Crippen LogP contribution in [0.3, 0.4) is 0 Å². The third-order valence-corrected chi connectivity index (χ3v) is 5.34. The molecule has 156 valence electrons. The number of aromatic nitrogens is 4. The lowest BCUT2D eigenvalue weighted by Crippen LogP contribution is -2.30. The van der Waals surface area contributed by atoms with Crippen molar-refractivity contribution >= 4 is 17.3 Å². The van der Waals surface area contributed by atoms with E-state index in [2.05, 4.69) is 15.6 Å². The summed E-state index contributed by atoms with van der Waals surface area (Å²) in [7, 11) is 1.78. The van der Waals surface area contributed by atoms with Crippen LogP contribution in [-0.4, -0.2) is 36.9 Å². The van der Waals surface area contributed by atoms with Gasteiger partial charge in [0.1, 0.15) is 5.69 Å². The maximum atomic E-state index is 13.0. The predicted octanol–water partition coefficient (Wildman–Crippen LogP) is 2.14. The highest BCUT2D eigenvalue weighted by molar-refractivity contribution is 6.06. The van der Waals surface area contributed by atoms with Crippen molar-refractivity contribution in [3.63, 3.8) is 0 Å². The Hall–Kier alpha value is -3.62. The van der Waals surface area contributed by atoms with Crippen molar-refractivity contribution in [3.8, 4) is 5.69 Å². The summed E-state index contributed by atoms with van der Waals surface area (Å²) in [6.07, 6.45) is 1.42. The van der Waals surface area contributed by atoms with Crippen LogP contribution in [0.4, 0.5) is 5.69 Å². The van der Waals surface area contributed by atoms with Crippen molar-refractivity contribution in [2.24, 2.45) is 12.2 Å². The minimum absolute atomic E-state index is 0.235. The number of aryl methyl sites for hydroxylation is 2. The zero-order valence-electron chi connectivity index (χ0n) is 17.4. The molecule has 1 aromatic carbocycles. The smallest absolute Gasteiger partial charge is 0.295 e. The van der Waals surface area contributed by atoms with Gasteiger partial charge in [-0.25, -0.2) is 4.68 Å². The first-order chi connectivity index (χ1) is 14.4. The Morgan fingerprint density at radius 3 is 2.67 bits per heavy atom. The summed E-state index contributed by atoms with van der Waals surface area (Å²) in [5.41, 5.74) is 3.70.